The highest BCUT2D eigenvalue weighted by Crippen LogP contribution is 1.96. The van der Waals surface area contributed by atoms with Crippen molar-refractivity contribution in [3.63, 3.8) is 0 Å². The summed E-state index contributed by atoms with van der Waals surface area (Å²) in [5.74, 6) is -1.23. The molecule has 21 heavy (non-hydrogen) atoms. The van der Waals surface area contributed by atoms with Gasteiger partial charge in [-0.25, -0.2) is 0 Å². The van der Waals surface area contributed by atoms with Crippen LogP contribution in [0.15, 0.2) is 30.3 Å². The van der Waals surface area contributed by atoms with Crippen LogP contribution in [0.25, 0.3) is 0 Å². The minimum absolute atomic E-state index is 0.00783. The summed E-state index contributed by atoms with van der Waals surface area (Å²) in [5, 5.41) is 0. The second-order valence-corrected chi connectivity index (χ2v) is 4.35. The number of ether oxygens (including phenoxy) is 1. The molecule has 0 atom stereocenters. The highest BCUT2D eigenvalue weighted by molar-refractivity contribution is 5.95. The third kappa shape index (κ3) is 6.53. The lowest BCUT2D eigenvalue weighted by atomic mass is 10.2. The first-order valence-electron chi connectivity index (χ1n) is 6.51. The van der Waals surface area contributed by atoms with Gasteiger partial charge in [-0.3, -0.25) is 30.1 Å². The van der Waals surface area contributed by atoms with E-state index in [4.69, 9.17) is 4.74 Å². The van der Waals surface area contributed by atoms with Gasteiger partial charge in [-0.05, 0) is 26.1 Å². The molecule has 0 heterocycles. The number of hydrazine groups is 1. The van der Waals surface area contributed by atoms with Gasteiger partial charge in [-0.15, -0.1) is 0 Å². The molecule has 0 aliphatic carbocycles. The first-order chi connectivity index (χ1) is 10.0. The van der Waals surface area contributed by atoms with Gasteiger partial charge >= 0.3 is 5.97 Å². The molecule has 1 rings (SSSR count). The van der Waals surface area contributed by atoms with Gasteiger partial charge in [0.1, 0.15) is 0 Å². The van der Waals surface area contributed by atoms with Crippen LogP contribution in [0.4, 0.5) is 0 Å². The Morgan fingerprint density at radius 2 is 1.76 bits per heavy atom. The highest BCUT2D eigenvalue weighted by Gasteiger charge is 2.12. The maximum atomic E-state index is 11.7. The minimum atomic E-state index is -0.425. The first kappa shape index (κ1) is 16.6. The number of hydrogen-bond donors (Lipinski definition) is 2. The van der Waals surface area contributed by atoms with Gasteiger partial charge in [-0.1, -0.05) is 18.2 Å². The predicted octanol–water partition coefficient (Wildman–Crippen LogP) is -0.0575. The predicted molar refractivity (Wildman–Crippen MR) is 76.2 cm³/mol. The molecule has 1 aromatic carbocycles. The number of rotatable bonds is 6. The smallest absolute Gasteiger partial charge is 0.320 e. The average molecular weight is 293 g/mol. The Balaban J connectivity index is 2.31. The second kappa shape index (κ2) is 8.70. The quantitative estimate of drug-likeness (QED) is 0.567. The van der Waals surface area contributed by atoms with Gasteiger partial charge < -0.3 is 4.74 Å². The molecule has 0 spiro atoms. The summed E-state index contributed by atoms with van der Waals surface area (Å²) in [6.07, 6.45) is 0. The van der Waals surface area contributed by atoms with Gasteiger partial charge in [0, 0.05) is 5.56 Å². The van der Waals surface area contributed by atoms with Crippen molar-refractivity contribution in [2.75, 3.05) is 26.7 Å². The highest BCUT2D eigenvalue weighted by atomic mass is 16.5. The van der Waals surface area contributed by atoms with Crippen molar-refractivity contribution < 1.29 is 19.1 Å². The van der Waals surface area contributed by atoms with Gasteiger partial charge in [0.15, 0.2) is 0 Å². The maximum Gasteiger partial charge on any atom is 0.320 e. The van der Waals surface area contributed by atoms with E-state index in [1.165, 1.54) is 4.90 Å². The van der Waals surface area contributed by atoms with Crippen LogP contribution in [0, 0.1) is 0 Å². The Morgan fingerprint density at radius 1 is 1.10 bits per heavy atom. The molecule has 0 radical (unpaired) electrons. The lowest BCUT2D eigenvalue weighted by Gasteiger charge is -2.15. The third-order valence-electron chi connectivity index (χ3n) is 2.47. The lowest BCUT2D eigenvalue weighted by molar-refractivity contribution is -0.144. The molecule has 7 heteroatoms. The third-order valence-corrected chi connectivity index (χ3v) is 2.47. The molecule has 7 nitrogen and oxygen atoms in total. The minimum Gasteiger partial charge on any atom is -0.465 e. The standard InChI is InChI=1S/C14H19N3O4/c1-3-21-13(19)10-17(2)9-12(18)15-16-14(20)11-7-5-4-6-8-11/h4-8H,3,9-10H2,1-2H3,(H,15,18)(H,16,20). The normalized spacial score (nSPS) is 10.0. The van der Waals surface area contributed by atoms with Crippen molar-refractivity contribution in [1.82, 2.24) is 15.8 Å². The SMILES string of the molecule is CCOC(=O)CN(C)CC(=O)NNC(=O)c1ccccc1. The molecule has 0 aliphatic rings. The Kier molecular flexibility index (Phi) is 6.90. The number of carbonyl (C=O) groups excluding carboxylic acids is 3. The van der Waals surface area contributed by atoms with E-state index in [1.54, 1.807) is 44.3 Å². The number of carbonyl (C=O) groups is 3. The largest absolute Gasteiger partial charge is 0.465 e. The number of likely N-dealkylation sites (N-methyl/N-ethyl adjacent to an activating group) is 1. The fourth-order valence-electron chi connectivity index (χ4n) is 1.56. The zero-order chi connectivity index (χ0) is 15.7. The number of benzene rings is 1. The van der Waals surface area contributed by atoms with E-state index < -0.39 is 17.8 Å². The Hall–Kier alpha value is -2.41. The van der Waals surface area contributed by atoms with Crippen molar-refractivity contribution in [1.29, 1.82) is 0 Å². The summed E-state index contributed by atoms with van der Waals surface area (Å²) < 4.78 is 4.77. The van der Waals surface area contributed by atoms with Crippen LogP contribution in [0.2, 0.25) is 0 Å². The van der Waals surface area contributed by atoms with Crippen molar-refractivity contribution in [2.24, 2.45) is 0 Å². The summed E-state index contributed by atoms with van der Waals surface area (Å²) in [6, 6.07) is 8.51. The number of amides is 2. The molecule has 0 bridgehead atoms. The molecule has 0 aliphatic heterocycles. The van der Waals surface area contributed by atoms with E-state index in [0.29, 0.717) is 12.2 Å². The molecular weight excluding hydrogens is 274 g/mol. The van der Waals surface area contributed by atoms with Crippen LogP contribution in [-0.4, -0.2) is 49.4 Å². The molecule has 114 valence electrons. The summed E-state index contributed by atoms with van der Waals surface area (Å²) >= 11 is 0. The summed E-state index contributed by atoms with van der Waals surface area (Å²) in [5.41, 5.74) is 5.03. The molecule has 0 saturated carbocycles. The van der Waals surface area contributed by atoms with E-state index >= 15 is 0 Å². The molecule has 2 N–H and O–H groups in total. The van der Waals surface area contributed by atoms with E-state index in [0.717, 1.165) is 0 Å². The fraction of sp³-hybridized carbons (Fsp3) is 0.357. The summed E-state index contributed by atoms with van der Waals surface area (Å²) in [4.78, 5) is 36.0. The van der Waals surface area contributed by atoms with Gasteiger partial charge in [0.25, 0.3) is 11.8 Å². The first-order valence-corrected chi connectivity index (χ1v) is 6.51. The summed E-state index contributed by atoms with van der Waals surface area (Å²) in [6.45, 7) is 1.98. The van der Waals surface area contributed by atoms with Crippen LogP contribution in [0.5, 0.6) is 0 Å². The monoisotopic (exact) mass is 293 g/mol. The van der Waals surface area contributed by atoms with Crippen molar-refractivity contribution >= 4 is 17.8 Å². The van der Waals surface area contributed by atoms with Crippen LogP contribution in [0.1, 0.15) is 17.3 Å². The van der Waals surface area contributed by atoms with Gasteiger partial charge in [0.05, 0.1) is 19.7 Å². The lowest BCUT2D eigenvalue weighted by Crippen LogP contribution is -2.46. The molecule has 0 fully saturated rings. The maximum absolute atomic E-state index is 11.7. The van der Waals surface area contributed by atoms with E-state index in [9.17, 15) is 14.4 Å². The van der Waals surface area contributed by atoms with Crippen LogP contribution < -0.4 is 10.9 Å². The van der Waals surface area contributed by atoms with Gasteiger partial charge in [-0.2, -0.15) is 0 Å². The Bertz CT molecular complexity index is 490. The molecule has 0 aromatic heterocycles. The van der Waals surface area contributed by atoms with Crippen molar-refractivity contribution in [3.05, 3.63) is 35.9 Å². The van der Waals surface area contributed by atoms with Crippen LogP contribution in [-0.2, 0) is 14.3 Å². The number of nitrogens with zero attached hydrogens (tertiary/aromatic N) is 1. The van der Waals surface area contributed by atoms with Crippen LogP contribution >= 0.6 is 0 Å². The van der Waals surface area contributed by atoms with Crippen molar-refractivity contribution in [2.45, 2.75) is 6.92 Å². The van der Waals surface area contributed by atoms with Crippen LogP contribution in [0.3, 0.4) is 0 Å². The topological polar surface area (TPSA) is 87.7 Å². The second-order valence-electron chi connectivity index (χ2n) is 4.35. The van der Waals surface area contributed by atoms with Gasteiger partial charge in [0.2, 0.25) is 0 Å². The molecular formula is C14H19N3O4. The summed E-state index contributed by atoms with van der Waals surface area (Å²) in [7, 11) is 1.61. The number of nitrogens with one attached hydrogen (secondary N) is 2. The Morgan fingerprint density at radius 3 is 2.38 bits per heavy atom. The molecule has 2 amide bonds. The fourth-order valence-corrected chi connectivity index (χ4v) is 1.56. The zero-order valence-corrected chi connectivity index (χ0v) is 12.1. The molecule has 0 unspecified atom stereocenters. The molecule has 0 saturated heterocycles. The average Bonchev–Trinajstić information content (AvgIpc) is 2.45. The van der Waals surface area contributed by atoms with Crippen molar-refractivity contribution in [3.8, 4) is 0 Å². The number of hydrogen-bond acceptors (Lipinski definition) is 5. The zero-order valence-electron chi connectivity index (χ0n) is 12.1. The van der Waals surface area contributed by atoms with E-state index in [1.807, 2.05) is 0 Å². The number of esters is 1. The van der Waals surface area contributed by atoms with E-state index in [2.05, 4.69) is 10.9 Å². The Labute approximate surface area is 123 Å². The molecule has 1 aromatic rings. The van der Waals surface area contributed by atoms with E-state index in [-0.39, 0.29) is 13.1 Å².